The predicted molar refractivity (Wildman–Crippen MR) is 123 cm³/mol. The van der Waals surface area contributed by atoms with E-state index in [1.807, 2.05) is 51.1 Å². The van der Waals surface area contributed by atoms with E-state index >= 15 is 0 Å². The Labute approximate surface area is 185 Å². The van der Waals surface area contributed by atoms with Gasteiger partial charge in [0.15, 0.2) is 11.5 Å². The first-order valence-corrected chi connectivity index (χ1v) is 12.1. The highest BCUT2D eigenvalue weighted by molar-refractivity contribution is 7.92. The van der Waals surface area contributed by atoms with Gasteiger partial charge in [0.2, 0.25) is 15.9 Å². The van der Waals surface area contributed by atoms with Crippen LogP contribution in [-0.2, 0) is 21.4 Å². The van der Waals surface area contributed by atoms with Crippen LogP contribution in [0.1, 0.15) is 37.8 Å². The topological polar surface area (TPSA) is 84.9 Å². The zero-order valence-electron chi connectivity index (χ0n) is 18.8. The maximum absolute atomic E-state index is 12.3. The molecule has 2 rings (SSSR count). The van der Waals surface area contributed by atoms with E-state index in [9.17, 15) is 13.2 Å². The number of ether oxygens (including phenoxy) is 2. The smallest absolute Gasteiger partial charge is 0.232 e. The second-order valence-electron chi connectivity index (χ2n) is 7.70. The molecule has 7 nitrogen and oxygen atoms in total. The zero-order valence-corrected chi connectivity index (χ0v) is 19.7. The number of anilines is 1. The summed E-state index contributed by atoms with van der Waals surface area (Å²) in [6.45, 7) is 6.42. The number of hydrogen-bond donors (Lipinski definition) is 1. The second kappa shape index (κ2) is 11.0. The average Bonchev–Trinajstić information content (AvgIpc) is 2.70. The fourth-order valence-electron chi connectivity index (χ4n) is 3.04. The van der Waals surface area contributed by atoms with Gasteiger partial charge in [-0.2, -0.15) is 0 Å². The fraction of sp³-hybridized carbons (Fsp3) is 0.435. The predicted octanol–water partition coefficient (Wildman–Crippen LogP) is 3.65. The van der Waals surface area contributed by atoms with Crippen molar-refractivity contribution in [1.29, 1.82) is 0 Å². The van der Waals surface area contributed by atoms with Gasteiger partial charge in [-0.05, 0) is 57.0 Å². The van der Waals surface area contributed by atoms with E-state index in [0.717, 1.165) is 11.1 Å². The molecule has 0 aliphatic carbocycles. The SMILES string of the molecule is COc1cc(CNC(=O)CCCN(c2ccc(C)cc2)S(C)(=O)=O)ccc1OC(C)C. The summed E-state index contributed by atoms with van der Waals surface area (Å²) in [5.74, 6) is 1.13. The van der Waals surface area contributed by atoms with Gasteiger partial charge in [-0.15, -0.1) is 0 Å². The quantitative estimate of drug-likeness (QED) is 0.567. The van der Waals surface area contributed by atoms with Crippen molar-refractivity contribution in [2.45, 2.75) is 46.3 Å². The van der Waals surface area contributed by atoms with Crippen molar-refractivity contribution in [2.24, 2.45) is 0 Å². The minimum atomic E-state index is -3.43. The molecule has 0 aliphatic rings. The average molecular weight is 449 g/mol. The highest BCUT2D eigenvalue weighted by Crippen LogP contribution is 2.29. The molecule has 2 aromatic carbocycles. The minimum Gasteiger partial charge on any atom is -0.493 e. The molecule has 1 amide bonds. The van der Waals surface area contributed by atoms with Crippen molar-refractivity contribution in [3.63, 3.8) is 0 Å². The molecule has 0 unspecified atom stereocenters. The summed E-state index contributed by atoms with van der Waals surface area (Å²) in [7, 11) is -1.85. The molecule has 1 N–H and O–H groups in total. The summed E-state index contributed by atoms with van der Waals surface area (Å²) in [5, 5.41) is 2.87. The largest absolute Gasteiger partial charge is 0.493 e. The number of carbonyl (C=O) groups excluding carboxylic acids is 1. The molecule has 0 saturated carbocycles. The van der Waals surface area contributed by atoms with Crippen LogP contribution >= 0.6 is 0 Å². The molecule has 170 valence electrons. The Bertz CT molecular complexity index is 972. The number of sulfonamides is 1. The molecule has 0 aromatic heterocycles. The summed E-state index contributed by atoms with van der Waals surface area (Å²) in [6.07, 6.45) is 1.85. The fourth-order valence-corrected chi connectivity index (χ4v) is 4.01. The molecule has 8 heteroatoms. The number of rotatable bonds is 11. The standard InChI is InChI=1S/C23H32N2O5S/c1-17(2)30-21-13-10-19(15-22(21)29-4)16-24-23(26)7-6-14-25(31(5,27)28)20-11-8-18(3)9-12-20/h8-13,15,17H,6-7,14,16H2,1-5H3,(H,24,26). The number of aryl methyl sites for hydroxylation is 1. The number of hydrogen-bond acceptors (Lipinski definition) is 5. The van der Waals surface area contributed by atoms with Crippen LogP contribution in [0.3, 0.4) is 0 Å². The van der Waals surface area contributed by atoms with Crippen LogP contribution in [0.25, 0.3) is 0 Å². The molecule has 0 fully saturated rings. The molecule has 0 saturated heterocycles. The van der Waals surface area contributed by atoms with Gasteiger partial charge in [0, 0.05) is 19.5 Å². The van der Waals surface area contributed by atoms with Crippen LogP contribution in [-0.4, -0.2) is 40.3 Å². The molecule has 0 bridgehead atoms. The zero-order chi connectivity index (χ0) is 23.0. The van der Waals surface area contributed by atoms with Crippen LogP contribution in [0.2, 0.25) is 0 Å². The van der Waals surface area contributed by atoms with E-state index in [0.29, 0.717) is 30.2 Å². The van der Waals surface area contributed by atoms with Crippen molar-refractivity contribution in [3.8, 4) is 11.5 Å². The Morgan fingerprint density at radius 1 is 1.10 bits per heavy atom. The number of methoxy groups -OCH3 is 1. The van der Waals surface area contributed by atoms with Gasteiger partial charge in [0.1, 0.15) is 0 Å². The monoisotopic (exact) mass is 448 g/mol. The Morgan fingerprint density at radius 2 is 1.77 bits per heavy atom. The molecule has 0 atom stereocenters. The van der Waals surface area contributed by atoms with Gasteiger partial charge in [0.05, 0.1) is 25.2 Å². The molecule has 0 heterocycles. The highest BCUT2D eigenvalue weighted by Gasteiger charge is 2.17. The third-order valence-electron chi connectivity index (χ3n) is 4.57. The van der Waals surface area contributed by atoms with Gasteiger partial charge >= 0.3 is 0 Å². The number of nitrogens with one attached hydrogen (secondary N) is 1. The lowest BCUT2D eigenvalue weighted by Crippen LogP contribution is -2.32. The maximum atomic E-state index is 12.3. The first-order chi connectivity index (χ1) is 14.6. The first kappa shape index (κ1) is 24.5. The van der Waals surface area contributed by atoms with Crippen molar-refractivity contribution in [1.82, 2.24) is 5.32 Å². The van der Waals surface area contributed by atoms with E-state index in [2.05, 4.69) is 5.32 Å². The van der Waals surface area contributed by atoms with E-state index < -0.39 is 10.0 Å². The lowest BCUT2D eigenvalue weighted by Gasteiger charge is -2.22. The van der Waals surface area contributed by atoms with Crippen LogP contribution in [0.5, 0.6) is 11.5 Å². The van der Waals surface area contributed by atoms with E-state index in [4.69, 9.17) is 9.47 Å². The Hall–Kier alpha value is -2.74. The number of benzene rings is 2. The molecule has 0 spiro atoms. The van der Waals surface area contributed by atoms with Crippen molar-refractivity contribution in [3.05, 3.63) is 53.6 Å². The molecule has 0 aliphatic heterocycles. The first-order valence-electron chi connectivity index (χ1n) is 10.2. The number of carbonyl (C=O) groups is 1. The van der Waals surface area contributed by atoms with Crippen molar-refractivity contribution < 1.29 is 22.7 Å². The van der Waals surface area contributed by atoms with Gasteiger partial charge in [-0.25, -0.2) is 8.42 Å². The Morgan fingerprint density at radius 3 is 2.35 bits per heavy atom. The van der Waals surface area contributed by atoms with Gasteiger partial charge in [-0.3, -0.25) is 9.10 Å². The molecular formula is C23H32N2O5S. The van der Waals surface area contributed by atoms with E-state index in [1.54, 1.807) is 19.2 Å². The van der Waals surface area contributed by atoms with Crippen molar-refractivity contribution in [2.75, 3.05) is 24.2 Å². The summed E-state index contributed by atoms with van der Waals surface area (Å²) < 4.78 is 36.7. The van der Waals surface area contributed by atoms with E-state index in [-0.39, 0.29) is 25.0 Å². The van der Waals surface area contributed by atoms with Crippen LogP contribution in [0.15, 0.2) is 42.5 Å². The van der Waals surface area contributed by atoms with Gasteiger partial charge < -0.3 is 14.8 Å². The molecular weight excluding hydrogens is 416 g/mol. The van der Waals surface area contributed by atoms with Crippen molar-refractivity contribution >= 4 is 21.6 Å². The number of nitrogens with zero attached hydrogens (tertiary/aromatic N) is 1. The molecule has 2 aromatic rings. The summed E-state index contributed by atoms with van der Waals surface area (Å²) >= 11 is 0. The third-order valence-corrected chi connectivity index (χ3v) is 5.76. The lowest BCUT2D eigenvalue weighted by molar-refractivity contribution is -0.121. The molecule has 0 radical (unpaired) electrons. The second-order valence-corrected chi connectivity index (χ2v) is 9.61. The van der Waals surface area contributed by atoms with E-state index in [1.165, 1.54) is 10.6 Å². The normalized spacial score (nSPS) is 11.3. The minimum absolute atomic E-state index is 0.0332. The third kappa shape index (κ3) is 7.79. The Balaban J connectivity index is 1.89. The highest BCUT2D eigenvalue weighted by atomic mass is 32.2. The van der Waals surface area contributed by atoms with Crippen LogP contribution < -0.4 is 19.1 Å². The molecule has 31 heavy (non-hydrogen) atoms. The summed E-state index contributed by atoms with van der Waals surface area (Å²) in [4.78, 5) is 12.3. The van der Waals surface area contributed by atoms with Crippen LogP contribution in [0, 0.1) is 6.92 Å². The lowest BCUT2D eigenvalue weighted by atomic mass is 10.2. The summed E-state index contributed by atoms with van der Waals surface area (Å²) in [6, 6.07) is 12.8. The van der Waals surface area contributed by atoms with Gasteiger partial charge in [0.25, 0.3) is 0 Å². The van der Waals surface area contributed by atoms with Gasteiger partial charge in [-0.1, -0.05) is 23.8 Å². The van der Waals surface area contributed by atoms with Crippen LogP contribution in [0.4, 0.5) is 5.69 Å². The maximum Gasteiger partial charge on any atom is 0.232 e. The number of amides is 1. The summed E-state index contributed by atoms with van der Waals surface area (Å²) in [5.41, 5.74) is 2.54. The Kier molecular flexibility index (Phi) is 8.74.